The third-order valence-corrected chi connectivity index (χ3v) is 4.66. The van der Waals surface area contributed by atoms with Gasteiger partial charge in [0.25, 0.3) is 5.91 Å². The van der Waals surface area contributed by atoms with E-state index in [-0.39, 0.29) is 5.91 Å². The number of nitrogens with zero attached hydrogens (tertiary/aromatic N) is 1. The van der Waals surface area contributed by atoms with Crippen molar-refractivity contribution in [2.75, 3.05) is 0 Å². The van der Waals surface area contributed by atoms with Crippen LogP contribution in [0.5, 0.6) is 5.75 Å². The van der Waals surface area contributed by atoms with Crippen molar-refractivity contribution < 1.29 is 9.53 Å². The highest BCUT2D eigenvalue weighted by molar-refractivity contribution is 7.09. The van der Waals surface area contributed by atoms with Crippen molar-refractivity contribution in [1.82, 2.24) is 10.3 Å². The number of ether oxygens (including phenoxy) is 1. The summed E-state index contributed by atoms with van der Waals surface area (Å²) in [4.78, 5) is 16.2. The Morgan fingerprint density at radius 2 is 1.88 bits per heavy atom. The number of hydrogen-bond acceptors (Lipinski definition) is 4. The molecule has 0 atom stereocenters. The summed E-state index contributed by atoms with van der Waals surface area (Å²) >= 11 is 1.47. The third-order valence-electron chi connectivity index (χ3n) is 3.88. The van der Waals surface area contributed by atoms with E-state index in [2.05, 4.69) is 29.4 Å². The molecule has 1 N–H and O–H groups in total. The van der Waals surface area contributed by atoms with E-state index >= 15 is 0 Å². The van der Waals surface area contributed by atoms with Gasteiger partial charge in [0.05, 0.1) is 5.01 Å². The molecule has 0 spiro atoms. The van der Waals surface area contributed by atoms with Gasteiger partial charge in [-0.05, 0) is 42.7 Å². The van der Waals surface area contributed by atoms with E-state index in [0.29, 0.717) is 18.8 Å². The van der Waals surface area contributed by atoms with Crippen LogP contribution in [-0.4, -0.2) is 10.9 Å². The minimum absolute atomic E-state index is 0.149. The summed E-state index contributed by atoms with van der Waals surface area (Å²) < 4.78 is 5.83. The summed E-state index contributed by atoms with van der Waals surface area (Å²) in [6.07, 6.45) is 0. The van der Waals surface area contributed by atoms with Gasteiger partial charge in [0, 0.05) is 11.9 Å². The fourth-order valence-electron chi connectivity index (χ4n) is 2.38. The van der Waals surface area contributed by atoms with Crippen LogP contribution in [0.15, 0.2) is 53.9 Å². The number of aromatic nitrogens is 1. The Kier molecular flexibility index (Phi) is 5.46. The lowest BCUT2D eigenvalue weighted by atomic mass is 10.1. The molecule has 0 radical (unpaired) electrons. The van der Waals surface area contributed by atoms with E-state index in [1.165, 1.54) is 22.5 Å². The van der Waals surface area contributed by atoms with Crippen molar-refractivity contribution in [3.63, 3.8) is 0 Å². The molecule has 0 aliphatic rings. The largest absolute Gasteiger partial charge is 0.489 e. The minimum Gasteiger partial charge on any atom is -0.489 e. The SMILES string of the molecule is Cc1nc(C(=O)NCc2ccc(OCc3ccccc3C)cc2)cs1. The van der Waals surface area contributed by atoms with Gasteiger partial charge in [-0.25, -0.2) is 4.98 Å². The molecule has 1 aromatic heterocycles. The van der Waals surface area contributed by atoms with Crippen LogP contribution in [0.1, 0.15) is 32.2 Å². The maximum Gasteiger partial charge on any atom is 0.271 e. The highest BCUT2D eigenvalue weighted by Gasteiger charge is 2.08. The van der Waals surface area contributed by atoms with Crippen LogP contribution >= 0.6 is 11.3 Å². The maximum atomic E-state index is 12.0. The number of rotatable bonds is 6. The van der Waals surface area contributed by atoms with Gasteiger partial charge in [0.2, 0.25) is 0 Å². The fourth-order valence-corrected chi connectivity index (χ4v) is 2.97. The van der Waals surface area contributed by atoms with Crippen LogP contribution in [-0.2, 0) is 13.2 Å². The Morgan fingerprint density at radius 3 is 2.56 bits per heavy atom. The molecule has 0 saturated carbocycles. The molecule has 3 rings (SSSR count). The number of hydrogen-bond donors (Lipinski definition) is 1. The number of aryl methyl sites for hydroxylation is 2. The lowest BCUT2D eigenvalue weighted by Gasteiger charge is -2.09. The second kappa shape index (κ2) is 7.94. The van der Waals surface area contributed by atoms with Crippen LogP contribution in [0.2, 0.25) is 0 Å². The molecule has 3 aromatic rings. The second-order valence-electron chi connectivity index (χ2n) is 5.79. The van der Waals surface area contributed by atoms with Gasteiger partial charge in [-0.2, -0.15) is 0 Å². The summed E-state index contributed by atoms with van der Waals surface area (Å²) in [5.41, 5.74) is 3.89. The van der Waals surface area contributed by atoms with Gasteiger partial charge in [0.1, 0.15) is 18.1 Å². The summed E-state index contributed by atoms with van der Waals surface area (Å²) in [5.74, 6) is 0.665. The van der Waals surface area contributed by atoms with Gasteiger partial charge in [0.15, 0.2) is 0 Å². The molecule has 128 valence electrons. The van der Waals surface area contributed by atoms with Crippen LogP contribution in [0.4, 0.5) is 0 Å². The Balaban J connectivity index is 1.52. The molecule has 0 fully saturated rings. The lowest BCUT2D eigenvalue weighted by Crippen LogP contribution is -2.23. The standard InChI is InChI=1S/C20H20N2O2S/c1-14-5-3-4-6-17(14)12-24-18-9-7-16(8-10-18)11-21-20(23)19-13-25-15(2)22-19/h3-10,13H,11-12H2,1-2H3,(H,21,23). The van der Waals surface area contributed by atoms with Crippen molar-refractivity contribution in [3.05, 3.63) is 81.3 Å². The average Bonchev–Trinajstić information content (AvgIpc) is 3.06. The van der Waals surface area contributed by atoms with E-state index in [1.807, 2.05) is 43.3 Å². The van der Waals surface area contributed by atoms with E-state index in [4.69, 9.17) is 4.74 Å². The van der Waals surface area contributed by atoms with Crippen molar-refractivity contribution in [2.24, 2.45) is 0 Å². The molecule has 0 saturated heterocycles. The first-order valence-electron chi connectivity index (χ1n) is 8.08. The van der Waals surface area contributed by atoms with E-state index in [9.17, 15) is 4.79 Å². The van der Waals surface area contributed by atoms with Crippen LogP contribution < -0.4 is 10.1 Å². The quantitative estimate of drug-likeness (QED) is 0.721. The summed E-state index contributed by atoms with van der Waals surface area (Å²) in [6.45, 7) is 4.98. The molecule has 25 heavy (non-hydrogen) atoms. The zero-order chi connectivity index (χ0) is 17.6. The Bertz CT molecular complexity index is 856. The van der Waals surface area contributed by atoms with Crippen molar-refractivity contribution >= 4 is 17.2 Å². The van der Waals surface area contributed by atoms with Gasteiger partial charge in [-0.15, -0.1) is 11.3 Å². The maximum absolute atomic E-state index is 12.0. The molecule has 4 nitrogen and oxygen atoms in total. The normalized spacial score (nSPS) is 10.5. The van der Waals surface area contributed by atoms with Gasteiger partial charge >= 0.3 is 0 Å². The molecule has 1 amide bonds. The molecular formula is C20H20N2O2S. The van der Waals surface area contributed by atoms with Crippen LogP contribution in [0, 0.1) is 13.8 Å². The Hall–Kier alpha value is -2.66. The van der Waals surface area contributed by atoms with E-state index in [1.54, 1.807) is 5.38 Å². The van der Waals surface area contributed by atoms with Gasteiger partial charge in [-0.1, -0.05) is 36.4 Å². The number of benzene rings is 2. The minimum atomic E-state index is -0.149. The summed E-state index contributed by atoms with van der Waals surface area (Å²) in [5, 5.41) is 5.54. The van der Waals surface area contributed by atoms with Crippen molar-refractivity contribution in [2.45, 2.75) is 27.0 Å². The Labute approximate surface area is 151 Å². The molecule has 0 aliphatic heterocycles. The first-order valence-corrected chi connectivity index (χ1v) is 8.96. The zero-order valence-electron chi connectivity index (χ0n) is 14.3. The number of amides is 1. The van der Waals surface area contributed by atoms with E-state index < -0.39 is 0 Å². The Morgan fingerprint density at radius 1 is 1.12 bits per heavy atom. The molecule has 0 unspecified atom stereocenters. The average molecular weight is 352 g/mol. The highest BCUT2D eigenvalue weighted by Crippen LogP contribution is 2.16. The molecular weight excluding hydrogens is 332 g/mol. The predicted octanol–water partition coefficient (Wildman–Crippen LogP) is 4.27. The zero-order valence-corrected chi connectivity index (χ0v) is 15.1. The first kappa shape index (κ1) is 17.2. The second-order valence-corrected chi connectivity index (χ2v) is 6.86. The van der Waals surface area contributed by atoms with Crippen LogP contribution in [0.25, 0.3) is 0 Å². The smallest absolute Gasteiger partial charge is 0.271 e. The van der Waals surface area contributed by atoms with Gasteiger partial charge < -0.3 is 10.1 Å². The molecule has 1 heterocycles. The molecule has 2 aromatic carbocycles. The van der Waals surface area contributed by atoms with Crippen molar-refractivity contribution in [1.29, 1.82) is 0 Å². The summed E-state index contributed by atoms with van der Waals surface area (Å²) in [7, 11) is 0. The molecule has 0 bridgehead atoms. The topological polar surface area (TPSA) is 51.2 Å². The number of carbonyl (C=O) groups excluding carboxylic acids is 1. The lowest BCUT2D eigenvalue weighted by molar-refractivity contribution is 0.0946. The van der Waals surface area contributed by atoms with Gasteiger partial charge in [-0.3, -0.25) is 4.79 Å². The highest BCUT2D eigenvalue weighted by atomic mass is 32.1. The monoisotopic (exact) mass is 352 g/mol. The molecule has 5 heteroatoms. The van der Waals surface area contributed by atoms with Crippen molar-refractivity contribution in [3.8, 4) is 5.75 Å². The van der Waals surface area contributed by atoms with E-state index in [0.717, 1.165) is 16.3 Å². The first-order chi connectivity index (χ1) is 12.1. The predicted molar refractivity (Wildman–Crippen MR) is 100.0 cm³/mol. The summed E-state index contributed by atoms with van der Waals surface area (Å²) in [6, 6.07) is 15.9. The van der Waals surface area contributed by atoms with Crippen LogP contribution in [0.3, 0.4) is 0 Å². The fraction of sp³-hybridized carbons (Fsp3) is 0.200. The third kappa shape index (κ3) is 4.67. The molecule has 0 aliphatic carbocycles. The number of carbonyl (C=O) groups is 1. The number of nitrogens with one attached hydrogen (secondary N) is 1. The number of thiazole rings is 1.